The molecule has 0 unspecified atom stereocenters. The van der Waals surface area contributed by atoms with E-state index in [1.54, 1.807) is 13.8 Å². The van der Waals surface area contributed by atoms with Crippen LogP contribution in [0.15, 0.2) is 45.4 Å². The van der Waals surface area contributed by atoms with Crippen LogP contribution in [-0.4, -0.2) is 44.5 Å². The van der Waals surface area contributed by atoms with Crippen molar-refractivity contribution in [1.82, 2.24) is 5.32 Å². The van der Waals surface area contributed by atoms with E-state index in [2.05, 4.69) is 5.32 Å². The fourth-order valence-corrected chi connectivity index (χ4v) is 6.38. The Morgan fingerprint density at radius 1 is 1.19 bits per heavy atom. The second-order valence-corrected chi connectivity index (χ2v) is 10.1. The minimum absolute atomic E-state index is 0.0536. The molecular formula is C26H24ClNO7S. The van der Waals surface area contributed by atoms with Crippen LogP contribution in [0.2, 0.25) is 5.02 Å². The Morgan fingerprint density at radius 3 is 2.53 bits per heavy atom. The fraction of sp³-hybridized carbons (Fsp3) is 0.346. The number of hydrogen-bond acceptors (Lipinski definition) is 9. The molecule has 188 valence electrons. The molecule has 0 radical (unpaired) electrons. The summed E-state index contributed by atoms with van der Waals surface area (Å²) in [5.41, 5.74) is 0.864. The van der Waals surface area contributed by atoms with Crippen molar-refractivity contribution in [3.8, 4) is 17.2 Å². The zero-order chi connectivity index (χ0) is 25.9. The highest BCUT2D eigenvalue weighted by molar-refractivity contribution is 7.08. The largest absolute Gasteiger partial charge is 0.496 e. The summed E-state index contributed by atoms with van der Waals surface area (Å²) in [7, 11) is 4.15. The van der Waals surface area contributed by atoms with Crippen LogP contribution in [0.1, 0.15) is 42.1 Å². The second kappa shape index (κ2) is 8.67. The number of dihydropyridines is 1. The summed E-state index contributed by atoms with van der Waals surface area (Å²) in [6.45, 7) is 3.57. The van der Waals surface area contributed by atoms with Crippen molar-refractivity contribution in [2.75, 3.05) is 21.3 Å². The van der Waals surface area contributed by atoms with Crippen molar-refractivity contribution in [3.05, 3.63) is 61.6 Å². The van der Waals surface area contributed by atoms with Crippen molar-refractivity contribution < 1.29 is 33.3 Å². The average molecular weight is 530 g/mol. The molecule has 1 aromatic carbocycles. The van der Waals surface area contributed by atoms with E-state index in [9.17, 15) is 14.4 Å². The van der Waals surface area contributed by atoms with Crippen LogP contribution >= 0.6 is 22.9 Å². The van der Waals surface area contributed by atoms with Gasteiger partial charge in [-0.05, 0) is 35.7 Å². The van der Waals surface area contributed by atoms with Crippen molar-refractivity contribution >= 4 is 40.5 Å². The molecule has 8 nitrogen and oxygen atoms in total. The number of ether oxygens (including phenoxy) is 4. The van der Waals surface area contributed by atoms with Gasteiger partial charge in [-0.25, -0.2) is 4.79 Å². The van der Waals surface area contributed by atoms with Crippen LogP contribution in [0.25, 0.3) is 0 Å². The highest BCUT2D eigenvalue weighted by Crippen LogP contribution is 2.56. The quantitative estimate of drug-likeness (QED) is 0.458. The lowest BCUT2D eigenvalue weighted by Gasteiger charge is -2.42. The minimum Gasteiger partial charge on any atom is -0.496 e. The maximum Gasteiger partial charge on any atom is 0.336 e. The number of halogens is 1. The molecule has 1 spiro atoms. The van der Waals surface area contributed by atoms with Gasteiger partial charge in [0, 0.05) is 34.9 Å². The van der Waals surface area contributed by atoms with Gasteiger partial charge in [-0.1, -0.05) is 18.5 Å². The van der Waals surface area contributed by atoms with Crippen LogP contribution in [0.5, 0.6) is 17.2 Å². The predicted octanol–water partition coefficient (Wildman–Crippen LogP) is 4.43. The summed E-state index contributed by atoms with van der Waals surface area (Å²) >= 11 is 7.98. The molecule has 36 heavy (non-hydrogen) atoms. The molecule has 2 aromatic rings. The monoisotopic (exact) mass is 529 g/mol. The lowest BCUT2D eigenvalue weighted by molar-refractivity contribution is -0.136. The van der Waals surface area contributed by atoms with E-state index < -0.39 is 35.0 Å². The first-order valence-corrected chi connectivity index (χ1v) is 12.6. The van der Waals surface area contributed by atoms with E-state index in [1.165, 1.54) is 38.7 Å². The Hall–Kier alpha value is -3.30. The Bertz CT molecular complexity index is 1380. The molecule has 0 amide bonds. The van der Waals surface area contributed by atoms with Gasteiger partial charge in [0.15, 0.2) is 5.75 Å². The lowest BCUT2D eigenvalue weighted by atomic mass is 9.65. The summed E-state index contributed by atoms with van der Waals surface area (Å²) < 4.78 is 22.1. The summed E-state index contributed by atoms with van der Waals surface area (Å²) in [4.78, 5) is 41.4. The van der Waals surface area contributed by atoms with E-state index >= 15 is 0 Å². The molecule has 0 fully saturated rings. The topological polar surface area (TPSA) is 100 Å². The molecular weight excluding hydrogens is 506 g/mol. The lowest BCUT2D eigenvalue weighted by Crippen LogP contribution is -2.58. The van der Waals surface area contributed by atoms with Gasteiger partial charge < -0.3 is 24.3 Å². The van der Waals surface area contributed by atoms with Gasteiger partial charge in [0.25, 0.3) is 0 Å². The van der Waals surface area contributed by atoms with Crippen molar-refractivity contribution in [2.24, 2.45) is 5.92 Å². The van der Waals surface area contributed by atoms with Crippen molar-refractivity contribution in [3.63, 3.8) is 0 Å². The summed E-state index contributed by atoms with van der Waals surface area (Å²) in [5, 5.41) is 7.07. The molecule has 10 heteroatoms. The van der Waals surface area contributed by atoms with E-state index in [-0.39, 0.29) is 27.8 Å². The number of benzene rings is 1. The van der Waals surface area contributed by atoms with Gasteiger partial charge in [0.1, 0.15) is 22.1 Å². The van der Waals surface area contributed by atoms with Gasteiger partial charge in [0.05, 0.1) is 26.9 Å². The first-order valence-electron chi connectivity index (χ1n) is 11.3. The number of hydrogen-bond donors (Lipinski definition) is 1. The van der Waals surface area contributed by atoms with Gasteiger partial charge >= 0.3 is 5.97 Å². The van der Waals surface area contributed by atoms with Crippen LogP contribution in [0.4, 0.5) is 0 Å². The number of rotatable bonds is 4. The molecule has 0 saturated carbocycles. The highest BCUT2D eigenvalue weighted by Gasteiger charge is 2.63. The molecule has 2 aliphatic heterocycles. The second-order valence-electron chi connectivity index (χ2n) is 8.94. The van der Waals surface area contributed by atoms with Crippen molar-refractivity contribution in [1.29, 1.82) is 0 Å². The standard InChI is InChI=1S/C26H24ClNO7S/c1-11-8-14-19(18(13-6-7-36-10-13)17(12(2)28-14)25(31)34-5)23(29)26(11)24(30)20-15(32-3)9-16(33-4)21(27)22(20)35-26/h6-7,9-11,18,28H,8H2,1-5H3/t11-,18-,26+/m1/s1. The molecule has 0 saturated heterocycles. The third-order valence-corrected chi connectivity index (χ3v) is 8.19. The molecule has 5 rings (SSSR count). The summed E-state index contributed by atoms with van der Waals surface area (Å²) in [6.07, 6.45) is 0.338. The van der Waals surface area contributed by atoms with Crippen LogP contribution in [-0.2, 0) is 14.3 Å². The molecule has 3 heterocycles. The Kier molecular flexibility index (Phi) is 5.88. The Morgan fingerprint density at radius 2 is 1.92 bits per heavy atom. The number of carbonyl (C=O) groups is 3. The summed E-state index contributed by atoms with van der Waals surface area (Å²) in [5.74, 6) is -2.35. The zero-order valence-corrected chi connectivity index (χ0v) is 21.9. The van der Waals surface area contributed by atoms with Gasteiger partial charge in [-0.2, -0.15) is 11.3 Å². The normalized spacial score (nSPS) is 24.8. The predicted molar refractivity (Wildman–Crippen MR) is 133 cm³/mol. The van der Waals surface area contributed by atoms with E-state index in [0.717, 1.165) is 5.56 Å². The van der Waals surface area contributed by atoms with Crippen LogP contribution in [0, 0.1) is 5.92 Å². The molecule has 3 atom stereocenters. The number of allylic oxidation sites excluding steroid dienone is 2. The third kappa shape index (κ3) is 3.15. The highest BCUT2D eigenvalue weighted by atomic mass is 35.5. The SMILES string of the molecule is COC(=O)C1=C(C)NC2=C(C(=O)[C@@]3(Oc4c(Cl)c(OC)cc(OC)c4C3=O)[C@H](C)C2)[C@@H]1c1ccsc1. The number of thiophene rings is 1. The number of Topliss-reactive ketones (excluding diaryl/α,β-unsaturated/α-hetero) is 2. The molecule has 1 N–H and O–H groups in total. The maximum atomic E-state index is 14.5. The van der Waals surface area contributed by atoms with E-state index in [4.69, 9.17) is 30.5 Å². The smallest absolute Gasteiger partial charge is 0.336 e. The number of fused-ring (bicyclic) bond motifs is 1. The number of nitrogens with one attached hydrogen (secondary N) is 1. The third-order valence-electron chi connectivity index (χ3n) is 7.13. The molecule has 3 aliphatic rings. The van der Waals surface area contributed by atoms with Crippen molar-refractivity contribution in [2.45, 2.75) is 31.8 Å². The number of ketones is 2. The van der Waals surface area contributed by atoms with E-state index in [1.807, 2.05) is 16.8 Å². The molecule has 1 aliphatic carbocycles. The van der Waals surface area contributed by atoms with Crippen LogP contribution in [0.3, 0.4) is 0 Å². The number of carbonyl (C=O) groups excluding carboxylic acids is 3. The maximum absolute atomic E-state index is 14.5. The number of esters is 1. The zero-order valence-electron chi connectivity index (χ0n) is 20.3. The van der Waals surface area contributed by atoms with Gasteiger partial charge in [0.2, 0.25) is 17.2 Å². The average Bonchev–Trinajstić information content (AvgIpc) is 3.50. The van der Waals surface area contributed by atoms with Crippen LogP contribution < -0.4 is 19.5 Å². The fourth-order valence-electron chi connectivity index (χ4n) is 5.43. The minimum atomic E-state index is -1.87. The van der Waals surface area contributed by atoms with E-state index in [0.29, 0.717) is 29.0 Å². The Labute approximate surface area is 216 Å². The first kappa shape index (κ1) is 24.4. The molecule has 0 bridgehead atoms. The molecule has 1 aromatic heterocycles. The number of methoxy groups -OCH3 is 3. The van der Waals surface area contributed by atoms with Gasteiger partial charge in [-0.15, -0.1) is 0 Å². The summed E-state index contributed by atoms with van der Waals surface area (Å²) in [6, 6.07) is 3.36. The van der Waals surface area contributed by atoms with Gasteiger partial charge in [-0.3, -0.25) is 9.59 Å². The Balaban J connectivity index is 1.70. The first-order chi connectivity index (χ1) is 17.2.